The lowest BCUT2D eigenvalue weighted by Gasteiger charge is -2.30. The summed E-state index contributed by atoms with van der Waals surface area (Å²) in [5.41, 5.74) is 0. The third kappa shape index (κ3) is 4.29. The number of nitrogens with one attached hydrogen (secondary N) is 1. The van der Waals surface area contributed by atoms with E-state index in [1.807, 2.05) is 6.07 Å². The fraction of sp³-hybridized carbons (Fsp3) is 0.500. The number of rotatable bonds is 5. The topological polar surface area (TPSA) is 87.0 Å². The van der Waals surface area contributed by atoms with E-state index in [1.54, 1.807) is 0 Å². The van der Waals surface area contributed by atoms with Crippen LogP contribution in [0.25, 0.3) is 0 Å². The Kier molecular flexibility index (Phi) is 5.89. The zero-order valence-electron chi connectivity index (χ0n) is 13.0. The maximum atomic E-state index is 13.3. The number of amides is 1. The van der Waals surface area contributed by atoms with Crippen molar-refractivity contribution in [3.63, 3.8) is 0 Å². The van der Waals surface area contributed by atoms with Gasteiger partial charge in [-0.1, -0.05) is 12.8 Å². The number of sulfone groups is 1. The number of halogens is 2. The molecule has 0 bridgehead atoms. The van der Waals surface area contributed by atoms with Crippen molar-refractivity contribution in [2.45, 2.75) is 30.6 Å². The van der Waals surface area contributed by atoms with Crippen molar-refractivity contribution in [1.82, 2.24) is 5.32 Å². The summed E-state index contributed by atoms with van der Waals surface area (Å²) in [7, 11) is -3.84. The zero-order valence-corrected chi connectivity index (χ0v) is 13.8. The van der Waals surface area contributed by atoms with Gasteiger partial charge in [0.2, 0.25) is 5.91 Å². The van der Waals surface area contributed by atoms with E-state index in [9.17, 15) is 22.0 Å². The molecule has 2 unspecified atom stereocenters. The van der Waals surface area contributed by atoms with E-state index in [4.69, 9.17) is 5.26 Å². The van der Waals surface area contributed by atoms with Crippen LogP contribution in [-0.2, 0) is 14.6 Å². The second-order valence-corrected chi connectivity index (χ2v) is 7.92. The van der Waals surface area contributed by atoms with Crippen LogP contribution >= 0.6 is 0 Å². The number of hydrogen-bond acceptors (Lipinski definition) is 4. The lowest BCUT2D eigenvalue weighted by molar-refractivity contribution is -0.127. The van der Waals surface area contributed by atoms with Gasteiger partial charge in [-0.3, -0.25) is 4.79 Å². The summed E-state index contributed by atoms with van der Waals surface area (Å²) in [4.78, 5) is 11.8. The Hall–Kier alpha value is -2.01. The summed E-state index contributed by atoms with van der Waals surface area (Å²) in [5.74, 6) is -3.87. The van der Waals surface area contributed by atoms with Crippen molar-refractivity contribution < 1.29 is 22.0 Å². The van der Waals surface area contributed by atoms with Crippen LogP contribution in [0, 0.1) is 34.8 Å². The van der Waals surface area contributed by atoms with E-state index in [0.717, 1.165) is 25.0 Å². The number of hydrogen-bond donors (Lipinski definition) is 1. The third-order valence-electron chi connectivity index (χ3n) is 4.27. The van der Waals surface area contributed by atoms with Gasteiger partial charge in [-0.25, -0.2) is 17.2 Å². The number of carbonyl (C=O) groups is 1. The molecule has 1 aromatic rings. The van der Waals surface area contributed by atoms with Gasteiger partial charge in [-0.05, 0) is 37.0 Å². The molecule has 24 heavy (non-hydrogen) atoms. The first-order valence-corrected chi connectivity index (χ1v) is 9.33. The Morgan fingerprint density at radius 3 is 2.62 bits per heavy atom. The Morgan fingerprint density at radius 2 is 1.96 bits per heavy atom. The first kappa shape index (κ1) is 18.3. The normalized spacial score (nSPS) is 21.0. The largest absolute Gasteiger partial charge is 0.343 e. The summed E-state index contributed by atoms with van der Waals surface area (Å²) in [6.45, 7) is -0.127. The fourth-order valence-corrected chi connectivity index (χ4v) is 4.77. The highest BCUT2D eigenvalue weighted by atomic mass is 32.2. The molecule has 8 heteroatoms. The van der Waals surface area contributed by atoms with E-state index in [2.05, 4.69) is 5.32 Å². The summed E-state index contributed by atoms with van der Waals surface area (Å²) in [6.07, 6.45) is 2.73. The van der Waals surface area contributed by atoms with Gasteiger partial charge in [0, 0.05) is 5.92 Å². The quantitative estimate of drug-likeness (QED) is 0.647. The van der Waals surface area contributed by atoms with Crippen LogP contribution in [0.5, 0.6) is 0 Å². The van der Waals surface area contributed by atoms with Crippen molar-refractivity contribution in [2.75, 3.05) is 12.3 Å². The minimum atomic E-state index is -3.84. The van der Waals surface area contributed by atoms with Gasteiger partial charge < -0.3 is 5.32 Å². The molecule has 1 aliphatic carbocycles. The highest BCUT2D eigenvalue weighted by molar-refractivity contribution is 7.91. The summed E-state index contributed by atoms with van der Waals surface area (Å²) in [5, 5.41) is 11.0. The molecule has 0 saturated heterocycles. The molecule has 1 amide bonds. The molecule has 1 aliphatic rings. The predicted molar refractivity (Wildman–Crippen MR) is 82.5 cm³/mol. The van der Waals surface area contributed by atoms with Crippen LogP contribution < -0.4 is 5.32 Å². The monoisotopic (exact) mass is 356 g/mol. The zero-order chi connectivity index (χ0) is 17.7. The van der Waals surface area contributed by atoms with Crippen LogP contribution in [-0.4, -0.2) is 26.6 Å². The third-order valence-corrected chi connectivity index (χ3v) is 6.11. The van der Waals surface area contributed by atoms with Crippen molar-refractivity contribution in [3.05, 3.63) is 29.8 Å². The Bertz CT molecular complexity index is 759. The number of nitriles is 1. The summed E-state index contributed by atoms with van der Waals surface area (Å²) >= 11 is 0. The van der Waals surface area contributed by atoms with Crippen LogP contribution in [0.1, 0.15) is 25.7 Å². The summed E-state index contributed by atoms with van der Waals surface area (Å²) < 4.78 is 51.2. The molecule has 130 valence electrons. The van der Waals surface area contributed by atoms with Gasteiger partial charge >= 0.3 is 0 Å². The molecule has 0 aliphatic heterocycles. The van der Waals surface area contributed by atoms with E-state index in [-0.39, 0.29) is 23.1 Å². The van der Waals surface area contributed by atoms with Crippen molar-refractivity contribution in [2.24, 2.45) is 11.8 Å². The molecule has 1 fully saturated rings. The first-order valence-electron chi connectivity index (χ1n) is 7.67. The standard InChI is InChI=1S/C16H18F2N2O3S/c17-14-6-5-12(9-15(14)18)24(22,23)10-11-3-1-2-4-13(11)16(21)20-8-7-19/h5-6,9,11,13H,1-4,8,10H2,(H,20,21). The van der Waals surface area contributed by atoms with E-state index in [1.165, 1.54) is 0 Å². The Morgan fingerprint density at radius 1 is 1.25 bits per heavy atom. The average Bonchev–Trinajstić information content (AvgIpc) is 2.55. The first-order chi connectivity index (χ1) is 11.3. The molecule has 5 nitrogen and oxygen atoms in total. The smallest absolute Gasteiger partial charge is 0.224 e. The van der Waals surface area contributed by atoms with Gasteiger partial charge in [-0.2, -0.15) is 5.26 Å². The minimum absolute atomic E-state index is 0.127. The molecular weight excluding hydrogens is 338 g/mol. The van der Waals surface area contributed by atoms with Gasteiger partial charge in [0.25, 0.3) is 0 Å². The molecule has 1 aromatic carbocycles. The number of carbonyl (C=O) groups excluding carboxylic acids is 1. The average molecular weight is 356 g/mol. The molecule has 0 spiro atoms. The lowest BCUT2D eigenvalue weighted by atomic mass is 9.80. The van der Waals surface area contributed by atoms with Gasteiger partial charge in [-0.15, -0.1) is 0 Å². The highest BCUT2D eigenvalue weighted by Crippen LogP contribution is 2.32. The van der Waals surface area contributed by atoms with Crippen molar-refractivity contribution in [3.8, 4) is 6.07 Å². The molecule has 0 radical (unpaired) electrons. The minimum Gasteiger partial charge on any atom is -0.343 e. The number of benzene rings is 1. The van der Waals surface area contributed by atoms with Crippen molar-refractivity contribution in [1.29, 1.82) is 5.26 Å². The number of nitrogens with zero attached hydrogens (tertiary/aromatic N) is 1. The Labute approximate surface area is 139 Å². The molecule has 1 N–H and O–H groups in total. The molecule has 0 aromatic heterocycles. The molecule has 0 heterocycles. The molecular formula is C16H18F2N2O3S. The van der Waals surface area contributed by atoms with Crippen LogP contribution in [0.3, 0.4) is 0 Å². The fourth-order valence-electron chi connectivity index (χ4n) is 3.06. The van der Waals surface area contributed by atoms with Crippen LogP contribution in [0.2, 0.25) is 0 Å². The van der Waals surface area contributed by atoms with Crippen LogP contribution in [0.4, 0.5) is 8.78 Å². The SMILES string of the molecule is N#CCNC(=O)C1CCCCC1CS(=O)(=O)c1ccc(F)c(F)c1. The second kappa shape index (κ2) is 7.71. The van der Waals surface area contributed by atoms with E-state index in [0.29, 0.717) is 18.9 Å². The van der Waals surface area contributed by atoms with Crippen molar-refractivity contribution >= 4 is 15.7 Å². The lowest BCUT2D eigenvalue weighted by Crippen LogP contribution is -2.39. The highest BCUT2D eigenvalue weighted by Gasteiger charge is 2.34. The van der Waals surface area contributed by atoms with Gasteiger partial charge in [0.15, 0.2) is 21.5 Å². The van der Waals surface area contributed by atoms with Crippen LogP contribution in [0.15, 0.2) is 23.1 Å². The maximum Gasteiger partial charge on any atom is 0.224 e. The molecule has 1 saturated carbocycles. The predicted octanol–water partition coefficient (Wildman–Crippen LogP) is 2.18. The molecule has 2 rings (SSSR count). The maximum absolute atomic E-state index is 13.3. The second-order valence-electron chi connectivity index (χ2n) is 5.88. The van der Waals surface area contributed by atoms with E-state index < -0.39 is 33.3 Å². The van der Waals surface area contributed by atoms with Gasteiger partial charge in [0.05, 0.1) is 16.7 Å². The molecule has 2 atom stereocenters. The Balaban J connectivity index is 2.17. The van der Waals surface area contributed by atoms with E-state index >= 15 is 0 Å². The van der Waals surface area contributed by atoms with Gasteiger partial charge in [0.1, 0.15) is 6.54 Å². The summed E-state index contributed by atoms with van der Waals surface area (Å²) in [6, 6.07) is 4.28.